The first-order chi connectivity index (χ1) is 16.9. The van der Waals surface area contributed by atoms with Gasteiger partial charge in [0, 0.05) is 17.8 Å². The van der Waals surface area contributed by atoms with E-state index in [2.05, 4.69) is 34.4 Å². The molecule has 0 bridgehead atoms. The van der Waals surface area contributed by atoms with E-state index in [1.165, 1.54) is 19.3 Å². The Kier molecular flexibility index (Phi) is 8.13. The number of hydrogen-bond acceptors (Lipinski definition) is 5. The molecule has 1 fully saturated rings. The number of carbonyl (C=O) groups is 1. The number of amides is 1. The van der Waals surface area contributed by atoms with Crippen molar-refractivity contribution < 1.29 is 9.53 Å². The Bertz CT molecular complexity index is 1110. The number of benzene rings is 1. The van der Waals surface area contributed by atoms with Crippen molar-refractivity contribution in [1.29, 1.82) is 0 Å². The van der Waals surface area contributed by atoms with Crippen LogP contribution < -0.4 is 4.74 Å². The molecule has 0 radical (unpaired) electrons. The highest BCUT2D eigenvalue weighted by molar-refractivity contribution is 5.85. The van der Waals surface area contributed by atoms with E-state index in [1.807, 2.05) is 49.1 Å². The van der Waals surface area contributed by atoms with Gasteiger partial charge in [-0.25, -0.2) is 9.97 Å². The molecule has 1 unspecified atom stereocenters. The third-order valence-corrected chi connectivity index (χ3v) is 6.54. The third-order valence-electron chi connectivity index (χ3n) is 6.54. The Balaban J connectivity index is 1.39. The van der Waals surface area contributed by atoms with Crippen molar-refractivity contribution in [1.82, 2.24) is 19.8 Å². The summed E-state index contributed by atoms with van der Waals surface area (Å²) in [6.45, 7) is 13.7. The summed E-state index contributed by atoms with van der Waals surface area (Å²) < 4.78 is 6.06. The highest BCUT2D eigenvalue weighted by Gasteiger charge is 2.26. The molecule has 2 aromatic rings. The van der Waals surface area contributed by atoms with Crippen LogP contribution in [0, 0.1) is 0 Å². The summed E-state index contributed by atoms with van der Waals surface area (Å²) >= 11 is 0. The quantitative estimate of drug-likeness (QED) is 0.449. The number of allylic oxidation sites excluding steroid dienone is 4. The summed E-state index contributed by atoms with van der Waals surface area (Å²) in [5.41, 5.74) is 4.97. The topological polar surface area (TPSA) is 58.6 Å². The fraction of sp³-hybridized carbons (Fsp3) is 0.414. The van der Waals surface area contributed by atoms with Gasteiger partial charge >= 0.3 is 0 Å². The number of aromatic nitrogens is 2. The number of carbonyl (C=O) groups excluding carboxylic acids is 1. The molecular weight excluding hydrogens is 436 g/mol. The number of ether oxygens (including phenoxy) is 1. The molecule has 2 aliphatic rings. The van der Waals surface area contributed by atoms with Gasteiger partial charge in [0.05, 0.1) is 25.4 Å². The molecule has 6 nitrogen and oxygen atoms in total. The number of piperidine rings is 1. The van der Waals surface area contributed by atoms with Gasteiger partial charge in [-0.1, -0.05) is 48.9 Å². The van der Waals surface area contributed by atoms with Crippen LogP contribution in [0.1, 0.15) is 52.0 Å². The second-order valence-electron chi connectivity index (χ2n) is 9.68. The fourth-order valence-electron chi connectivity index (χ4n) is 4.67. The Morgan fingerprint density at radius 3 is 2.66 bits per heavy atom. The number of rotatable bonds is 9. The molecule has 1 atom stereocenters. The molecule has 1 saturated heterocycles. The molecule has 3 heterocycles. The second-order valence-corrected chi connectivity index (χ2v) is 9.68. The minimum absolute atomic E-state index is 0.0929. The van der Waals surface area contributed by atoms with Gasteiger partial charge in [0.25, 0.3) is 0 Å². The standard InChI is InChI=1S/C29H36N4O2/c1-21(2)11-12-25-16-28(34)33(23(25)4)20-24-9-8-10-26(15-24)29-30-17-27(18-31-29)35-22(3)19-32-13-6-5-7-14-32/h8-12,15,17-18,22H,1,5-7,13-14,16,19-20H2,2-4H3/b12-11-. The molecular formula is C29H36N4O2. The molecule has 6 heteroatoms. The maximum atomic E-state index is 12.6. The monoisotopic (exact) mass is 472 g/mol. The van der Waals surface area contributed by atoms with Gasteiger partial charge in [-0.05, 0) is 63.9 Å². The van der Waals surface area contributed by atoms with Crippen molar-refractivity contribution in [2.45, 2.75) is 59.1 Å². The Labute approximate surface area is 209 Å². The molecule has 1 amide bonds. The molecule has 1 aromatic heterocycles. The fourth-order valence-corrected chi connectivity index (χ4v) is 4.67. The molecule has 2 aliphatic heterocycles. The zero-order valence-corrected chi connectivity index (χ0v) is 21.2. The Hall–Kier alpha value is -3.25. The van der Waals surface area contributed by atoms with Crippen LogP contribution >= 0.6 is 0 Å². The largest absolute Gasteiger partial charge is 0.486 e. The Morgan fingerprint density at radius 2 is 1.94 bits per heavy atom. The predicted molar refractivity (Wildman–Crippen MR) is 140 cm³/mol. The first-order valence-corrected chi connectivity index (χ1v) is 12.5. The van der Waals surface area contributed by atoms with Crippen LogP contribution in [-0.4, -0.2) is 51.4 Å². The average molecular weight is 473 g/mol. The van der Waals surface area contributed by atoms with E-state index >= 15 is 0 Å². The molecule has 0 spiro atoms. The minimum atomic E-state index is 0.0929. The lowest BCUT2D eigenvalue weighted by Crippen LogP contribution is -2.37. The highest BCUT2D eigenvalue weighted by Crippen LogP contribution is 2.28. The smallest absolute Gasteiger partial charge is 0.231 e. The normalized spacial score (nSPS) is 17.9. The van der Waals surface area contributed by atoms with Gasteiger partial charge in [-0.15, -0.1) is 0 Å². The maximum absolute atomic E-state index is 12.6. The van der Waals surface area contributed by atoms with Crippen molar-refractivity contribution in [3.05, 3.63) is 77.8 Å². The van der Waals surface area contributed by atoms with Crippen molar-refractivity contribution in [2.24, 2.45) is 0 Å². The number of likely N-dealkylation sites (tertiary alicyclic amines) is 1. The van der Waals surface area contributed by atoms with E-state index in [0.717, 1.165) is 47.6 Å². The van der Waals surface area contributed by atoms with E-state index in [-0.39, 0.29) is 12.0 Å². The summed E-state index contributed by atoms with van der Waals surface area (Å²) in [6.07, 6.45) is 11.9. The van der Waals surface area contributed by atoms with Crippen molar-refractivity contribution in [2.75, 3.05) is 19.6 Å². The van der Waals surface area contributed by atoms with Crippen LogP contribution in [0.3, 0.4) is 0 Å². The van der Waals surface area contributed by atoms with E-state index in [9.17, 15) is 4.79 Å². The minimum Gasteiger partial charge on any atom is -0.486 e. The third kappa shape index (κ3) is 6.67. The van der Waals surface area contributed by atoms with Crippen LogP contribution in [0.15, 0.2) is 72.2 Å². The van der Waals surface area contributed by atoms with Gasteiger partial charge in [-0.2, -0.15) is 0 Å². The number of nitrogens with zero attached hydrogens (tertiary/aromatic N) is 4. The van der Waals surface area contributed by atoms with Gasteiger partial charge in [0.15, 0.2) is 11.6 Å². The lowest BCUT2D eigenvalue weighted by atomic mass is 10.1. The van der Waals surface area contributed by atoms with Gasteiger partial charge in [0.1, 0.15) is 6.10 Å². The number of hydrogen-bond donors (Lipinski definition) is 0. The van der Waals surface area contributed by atoms with Gasteiger partial charge < -0.3 is 9.64 Å². The Morgan fingerprint density at radius 1 is 1.20 bits per heavy atom. The zero-order valence-electron chi connectivity index (χ0n) is 21.2. The van der Waals surface area contributed by atoms with E-state index < -0.39 is 0 Å². The molecule has 4 rings (SSSR count). The first-order valence-electron chi connectivity index (χ1n) is 12.5. The second kappa shape index (κ2) is 11.5. The lowest BCUT2D eigenvalue weighted by molar-refractivity contribution is -0.127. The molecule has 0 saturated carbocycles. The lowest BCUT2D eigenvalue weighted by Gasteiger charge is -2.29. The van der Waals surface area contributed by atoms with Crippen LogP contribution in [-0.2, 0) is 11.3 Å². The van der Waals surface area contributed by atoms with E-state index in [4.69, 9.17) is 4.74 Å². The van der Waals surface area contributed by atoms with Crippen LogP contribution in [0.25, 0.3) is 11.4 Å². The van der Waals surface area contributed by atoms with Gasteiger partial charge in [-0.3, -0.25) is 9.69 Å². The van der Waals surface area contributed by atoms with Gasteiger partial charge in [0.2, 0.25) is 5.91 Å². The van der Waals surface area contributed by atoms with Crippen LogP contribution in [0.2, 0.25) is 0 Å². The zero-order chi connectivity index (χ0) is 24.8. The van der Waals surface area contributed by atoms with Crippen LogP contribution in [0.5, 0.6) is 5.75 Å². The summed E-state index contributed by atoms with van der Waals surface area (Å²) in [5, 5.41) is 0. The summed E-state index contributed by atoms with van der Waals surface area (Å²) in [7, 11) is 0. The highest BCUT2D eigenvalue weighted by atomic mass is 16.5. The molecule has 0 aliphatic carbocycles. The van der Waals surface area contributed by atoms with Crippen molar-refractivity contribution in [3.8, 4) is 17.1 Å². The maximum Gasteiger partial charge on any atom is 0.231 e. The summed E-state index contributed by atoms with van der Waals surface area (Å²) in [5.74, 6) is 1.45. The molecule has 184 valence electrons. The first kappa shape index (κ1) is 24.9. The predicted octanol–water partition coefficient (Wildman–Crippen LogP) is 5.54. The molecule has 35 heavy (non-hydrogen) atoms. The SMILES string of the molecule is C=C(C)/C=C\C1=C(C)N(Cc2cccc(-c3ncc(OC(C)CN4CCCCC4)cn3)c2)C(=O)C1. The average Bonchev–Trinajstić information content (AvgIpc) is 3.11. The summed E-state index contributed by atoms with van der Waals surface area (Å²) in [6, 6.07) is 8.07. The molecule has 1 aromatic carbocycles. The van der Waals surface area contributed by atoms with Crippen molar-refractivity contribution in [3.63, 3.8) is 0 Å². The van der Waals surface area contributed by atoms with Crippen molar-refractivity contribution >= 4 is 5.91 Å². The van der Waals surface area contributed by atoms with E-state index in [0.29, 0.717) is 24.5 Å². The van der Waals surface area contributed by atoms with Crippen LogP contribution in [0.4, 0.5) is 0 Å². The molecule has 0 N–H and O–H groups in total. The van der Waals surface area contributed by atoms with E-state index in [1.54, 1.807) is 12.4 Å². The summed E-state index contributed by atoms with van der Waals surface area (Å²) in [4.78, 5) is 26.0.